The first-order valence-corrected chi connectivity index (χ1v) is 10.5. The molecule has 3 aromatic carbocycles. The number of phenols is 1. The van der Waals surface area contributed by atoms with Crippen LogP contribution in [0.3, 0.4) is 0 Å². The van der Waals surface area contributed by atoms with E-state index in [4.69, 9.17) is 5.41 Å². The molecule has 0 unspecified atom stereocenters. The second kappa shape index (κ2) is 9.16. The van der Waals surface area contributed by atoms with Crippen molar-refractivity contribution in [3.8, 4) is 17.1 Å². The SMILES string of the molecule is Cc1ccc2c(C(=N)C[C@@H](C)NC(=O)c3cccc(F)c3)nc(-c3ccccc3O)nc2c1. The van der Waals surface area contributed by atoms with Gasteiger partial charge in [0.1, 0.15) is 11.6 Å². The van der Waals surface area contributed by atoms with Crippen LogP contribution in [0.1, 0.15) is 35.0 Å². The average molecular weight is 442 g/mol. The molecule has 0 spiro atoms. The van der Waals surface area contributed by atoms with E-state index < -0.39 is 17.8 Å². The number of nitrogens with one attached hydrogen (secondary N) is 2. The molecule has 1 atom stereocenters. The Morgan fingerprint density at radius 1 is 1.09 bits per heavy atom. The zero-order valence-electron chi connectivity index (χ0n) is 18.3. The highest BCUT2D eigenvalue weighted by Gasteiger charge is 2.18. The summed E-state index contributed by atoms with van der Waals surface area (Å²) in [6.07, 6.45) is 0.210. The minimum absolute atomic E-state index is 0.0534. The van der Waals surface area contributed by atoms with Gasteiger partial charge in [0, 0.05) is 23.4 Å². The number of para-hydroxylation sites is 1. The third-order valence-electron chi connectivity index (χ3n) is 5.26. The number of aromatic hydroxyl groups is 1. The highest BCUT2D eigenvalue weighted by Crippen LogP contribution is 2.29. The molecule has 0 saturated carbocycles. The summed E-state index contributed by atoms with van der Waals surface area (Å²) >= 11 is 0. The lowest BCUT2D eigenvalue weighted by molar-refractivity contribution is 0.0941. The molecule has 1 heterocycles. The van der Waals surface area contributed by atoms with Gasteiger partial charge < -0.3 is 15.8 Å². The lowest BCUT2D eigenvalue weighted by atomic mass is 10.0. The van der Waals surface area contributed by atoms with Gasteiger partial charge in [0.2, 0.25) is 0 Å². The number of phenolic OH excluding ortho intramolecular Hbond substituents is 1. The van der Waals surface area contributed by atoms with Crippen LogP contribution in [0.5, 0.6) is 5.75 Å². The van der Waals surface area contributed by atoms with Gasteiger partial charge in [-0.2, -0.15) is 0 Å². The summed E-state index contributed by atoms with van der Waals surface area (Å²) in [4.78, 5) is 21.7. The fourth-order valence-corrected chi connectivity index (χ4v) is 3.64. The third kappa shape index (κ3) is 4.87. The Labute approximate surface area is 190 Å². The highest BCUT2D eigenvalue weighted by atomic mass is 19.1. The molecule has 0 aliphatic carbocycles. The predicted molar refractivity (Wildman–Crippen MR) is 126 cm³/mol. The van der Waals surface area contributed by atoms with Gasteiger partial charge in [-0.3, -0.25) is 4.79 Å². The van der Waals surface area contributed by atoms with Gasteiger partial charge in [0.15, 0.2) is 5.82 Å². The van der Waals surface area contributed by atoms with Crippen molar-refractivity contribution in [1.29, 1.82) is 5.41 Å². The summed E-state index contributed by atoms with van der Waals surface area (Å²) in [5, 5.41) is 22.5. The normalized spacial score (nSPS) is 11.8. The van der Waals surface area contributed by atoms with E-state index in [9.17, 15) is 14.3 Å². The van der Waals surface area contributed by atoms with Crippen LogP contribution in [0.4, 0.5) is 4.39 Å². The molecule has 7 heteroatoms. The van der Waals surface area contributed by atoms with Gasteiger partial charge in [-0.05, 0) is 55.8 Å². The first kappa shape index (κ1) is 22.1. The zero-order valence-corrected chi connectivity index (χ0v) is 18.3. The van der Waals surface area contributed by atoms with Crippen molar-refractivity contribution in [2.24, 2.45) is 0 Å². The summed E-state index contributed by atoms with van der Waals surface area (Å²) in [5.41, 5.74) is 3.03. The van der Waals surface area contributed by atoms with E-state index in [1.54, 1.807) is 31.2 Å². The fourth-order valence-electron chi connectivity index (χ4n) is 3.64. The molecular formula is C26H23FN4O2. The molecular weight excluding hydrogens is 419 g/mol. The maximum atomic E-state index is 13.4. The number of halogens is 1. The maximum Gasteiger partial charge on any atom is 0.251 e. The number of amides is 1. The molecule has 33 heavy (non-hydrogen) atoms. The number of aryl methyl sites for hydroxylation is 1. The Bertz CT molecular complexity index is 1370. The summed E-state index contributed by atoms with van der Waals surface area (Å²) in [5.74, 6) is -0.518. The van der Waals surface area contributed by atoms with Crippen LogP contribution in [0.2, 0.25) is 0 Å². The Balaban J connectivity index is 1.64. The van der Waals surface area contributed by atoms with E-state index >= 15 is 0 Å². The molecule has 0 bridgehead atoms. The molecule has 166 valence electrons. The van der Waals surface area contributed by atoms with Gasteiger partial charge in [0.05, 0.1) is 22.5 Å². The first-order chi connectivity index (χ1) is 15.8. The maximum absolute atomic E-state index is 13.4. The van der Waals surface area contributed by atoms with Crippen LogP contribution in [0.15, 0.2) is 66.7 Å². The molecule has 0 fully saturated rings. The van der Waals surface area contributed by atoms with E-state index in [1.165, 1.54) is 24.3 Å². The van der Waals surface area contributed by atoms with E-state index in [0.717, 1.165) is 5.56 Å². The minimum Gasteiger partial charge on any atom is -0.507 e. The number of aromatic nitrogens is 2. The number of hydrogen-bond donors (Lipinski definition) is 3. The standard InChI is InChI=1S/C26H23FN4O2/c1-15-10-11-19-22(12-15)30-25(20-8-3-4-9-23(20)32)31-24(19)21(28)13-16(2)29-26(33)17-6-5-7-18(27)14-17/h3-12,14,16,28,32H,13H2,1-2H3,(H,29,33)/t16-/m1/s1. The minimum atomic E-state index is -0.484. The van der Waals surface area contributed by atoms with Crippen molar-refractivity contribution < 1.29 is 14.3 Å². The van der Waals surface area contributed by atoms with E-state index in [2.05, 4.69) is 15.3 Å². The van der Waals surface area contributed by atoms with Crippen molar-refractivity contribution in [3.05, 3.63) is 89.4 Å². The van der Waals surface area contributed by atoms with Gasteiger partial charge in [-0.15, -0.1) is 0 Å². The number of hydrogen-bond acceptors (Lipinski definition) is 5. The predicted octanol–water partition coefficient (Wildman–Crippen LogP) is 5.03. The van der Waals surface area contributed by atoms with Crippen LogP contribution in [-0.2, 0) is 0 Å². The van der Waals surface area contributed by atoms with Gasteiger partial charge in [-0.1, -0.05) is 30.3 Å². The van der Waals surface area contributed by atoms with Gasteiger partial charge in [-0.25, -0.2) is 14.4 Å². The first-order valence-electron chi connectivity index (χ1n) is 10.5. The summed E-state index contributed by atoms with van der Waals surface area (Å²) in [6, 6.07) is 17.6. The Kier molecular flexibility index (Phi) is 6.13. The van der Waals surface area contributed by atoms with Crippen molar-refractivity contribution >= 4 is 22.5 Å². The molecule has 0 radical (unpaired) electrons. The van der Waals surface area contributed by atoms with Gasteiger partial charge in [0.25, 0.3) is 5.91 Å². The Morgan fingerprint density at radius 2 is 1.88 bits per heavy atom. The second-order valence-electron chi connectivity index (χ2n) is 8.00. The molecule has 0 saturated heterocycles. The summed E-state index contributed by atoms with van der Waals surface area (Å²) < 4.78 is 13.4. The number of nitrogens with zero attached hydrogens (tertiary/aromatic N) is 2. The molecule has 3 N–H and O–H groups in total. The molecule has 1 aromatic heterocycles. The number of carbonyl (C=O) groups is 1. The van der Waals surface area contributed by atoms with Crippen molar-refractivity contribution in [2.45, 2.75) is 26.3 Å². The molecule has 0 aliphatic rings. The third-order valence-corrected chi connectivity index (χ3v) is 5.26. The zero-order chi connectivity index (χ0) is 23.5. The number of rotatable bonds is 6. The molecule has 4 aromatic rings. The van der Waals surface area contributed by atoms with Crippen molar-refractivity contribution in [2.75, 3.05) is 0 Å². The Hall–Kier alpha value is -4.13. The smallest absolute Gasteiger partial charge is 0.251 e. The number of fused-ring (bicyclic) bond motifs is 1. The second-order valence-corrected chi connectivity index (χ2v) is 8.00. The largest absolute Gasteiger partial charge is 0.507 e. The van der Waals surface area contributed by atoms with E-state index in [1.807, 2.05) is 25.1 Å². The van der Waals surface area contributed by atoms with Crippen molar-refractivity contribution in [3.63, 3.8) is 0 Å². The van der Waals surface area contributed by atoms with Crippen molar-refractivity contribution in [1.82, 2.24) is 15.3 Å². The highest BCUT2D eigenvalue weighted by molar-refractivity contribution is 6.08. The van der Waals surface area contributed by atoms with Crippen LogP contribution in [0.25, 0.3) is 22.3 Å². The van der Waals surface area contributed by atoms with Crippen LogP contribution in [-0.4, -0.2) is 32.7 Å². The van der Waals surface area contributed by atoms with Crippen LogP contribution >= 0.6 is 0 Å². The van der Waals surface area contributed by atoms with E-state index in [-0.39, 0.29) is 23.4 Å². The summed E-state index contributed by atoms with van der Waals surface area (Å²) in [7, 11) is 0. The lowest BCUT2D eigenvalue weighted by Crippen LogP contribution is -2.34. The average Bonchev–Trinajstić information content (AvgIpc) is 2.78. The summed E-state index contributed by atoms with van der Waals surface area (Å²) in [6.45, 7) is 3.74. The topological polar surface area (TPSA) is 99.0 Å². The number of carbonyl (C=O) groups excluding carboxylic acids is 1. The Morgan fingerprint density at radius 3 is 2.64 bits per heavy atom. The van der Waals surface area contributed by atoms with Crippen LogP contribution in [0, 0.1) is 18.2 Å². The van der Waals surface area contributed by atoms with E-state index in [0.29, 0.717) is 28.0 Å². The molecule has 4 rings (SSSR count). The molecule has 6 nitrogen and oxygen atoms in total. The van der Waals surface area contributed by atoms with Crippen LogP contribution < -0.4 is 5.32 Å². The van der Waals surface area contributed by atoms with Gasteiger partial charge >= 0.3 is 0 Å². The number of benzene rings is 3. The fraction of sp³-hybridized carbons (Fsp3) is 0.154. The quantitative estimate of drug-likeness (QED) is 0.365. The monoisotopic (exact) mass is 442 g/mol. The molecule has 1 amide bonds. The molecule has 0 aliphatic heterocycles. The lowest BCUT2D eigenvalue weighted by Gasteiger charge is -2.16.